The Morgan fingerprint density at radius 1 is 1.27 bits per heavy atom. The molecule has 222 valence electrons. The van der Waals surface area contributed by atoms with Gasteiger partial charge in [-0.3, -0.25) is 4.79 Å². The van der Waals surface area contributed by atoms with E-state index >= 15 is 0 Å². The second-order valence-electron chi connectivity index (χ2n) is 8.55. The van der Waals surface area contributed by atoms with Crippen LogP contribution in [0.15, 0.2) is 29.4 Å². The van der Waals surface area contributed by atoms with Gasteiger partial charge in [0.05, 0.1) is 16.7 Å². The Morgan fingerprint density at radius 2 is 1.88 bits per heavy atom. The number of carbonyl (C=O) groups is 1. The average Bonchev–Trinajstić information content (AvgIpc) is 3.66. The first-order chi connectivity index (χ1) is 19.0. The molecule has 1 fully saturated rings. The van der Waals surface area contributed by atoms with E-state index in [2.05, 4.69) is 14.8 Å². The number of alkyl halides is 9. The number of nitrogens with two attached hydrogens (primary N) is 1. The molecule has 1 heterocycles. The van der Waals surface area contributed by atoms with E-state index < -0.39 is 47.8 Å². The molecule has 1 aliphatic rings. The van der Waals surface area contributed by atoms with Gasteiger partial charge in [-0.15, -0.1) is 0 Å². The molecule has 1 aliphatic carbocycles. The number of halogens is 10. The number of ether oxygens (including phenoxy) is 1. The smallest absolute Gasteiger partial charge is 0.429 e. The zero-order chi connectivity index (χ0) is 30.9. The van der Waals surface area contributed by atoms with Gasteiger partial charge in [0, 0.05) is 31.1 Å². The lowest BCUT2D eigenvalue weighted by Crippen LogP contribution is -2.51. The van der Waals surface area contributed by atoms with Gasteiger partial charge in [-0.1, -0.05) is 17.7 Å². The number of allylic oxidation sites excluding steroid dienone is 1. The summed E-state index contributed by atoms with van der Waals surface area (Å²) in [5.41, 5.74) is -3.24. The normalized spacial score (nSPS) is 15.0. The van der Waals surface area contributed by atoms with Crippen LogP contribution in [0.5, 0.6) is 5.75 Å². The van der Waals surface area contributed by atoms with E-state index in [9.17, 15) is 44.3 Å². The van der Waals surface area contributed by atoms with Crippen LogP contribution >= 0.6 is 11.6 Å². The van der Waals surface area contributed by atoms with E-state index in [1.165, 1.54) is 23.1 Å². The number of aryl methyl sites for hydroxylation is 1. The Hall–Kier alpha value is -3.94. The molecule has 2 N–H and O–H groups in total. The number of hydrogen-bond acceptors (Lipinski definition) is 6. The van der Waals surface area contributed by atoms with Crippen molar-refractivity contribution in [3.8, 4) is 11.8 Å². The van der Waals surface area contributed by atoms with Crippen LogP contribution in [0.1, 0.15) is 34.5 Å². The lowest BCUT2D eigenvalue weighted by atomic mass is 9.99. The molecule has 0 unspecified atom stereocenters. The van der Waals surface area contributed by atoms with Crippen LogP contribution in [-0.4, -0.2) is 58.4 Å². The van der Waals surface area contributed by atoms with Crippen molar-refractivity contribution in [1.29, 1.82) is 5.26 Å². The van der Waals surface area contributed by atoms with Gasteiger partial charge in [-0.2, -0.15) is 45.5 Å². The van der Waals surface area contributed by atoms with Crippen LogP contribution in [0.4, 0.5) is 45.3 Å². The Balaban J connectivity index is 2.09. The maximum atomic E-state index is 14.7. The molecule has 0 radical (unpaired) electrons. The fourth-order valence-electron chi connectivity index (χ4n) is 3.69. The van der Waals surface area contributed by atoms with Crippen LogP contribution in [-0.2, 0) is 12.7 Å². The van der Waals surface area contributed by atoms with Crippen LogP contribution in [0.2, 0.25) is 5.02 Å². The first-order valence-corrected chi connectivity index (χ1v) is 11.6. The van der Waals surface area contributed by atoms with E-state index in [1.54, 1.807) is 0 Å². The van der Waals surface area contributed by atoms with Gasteiger partial charge < -0.3 is 15.4 Å². The molecule has 8 nitrogen and oxygen atoms in total. The lowest BCUT2D eigenvalue weighted by molar-refractivity contribution is -0.350. The quantitative estimate of drug-likeness (QED) is 0.218. The van der Waals surface area contributed by atoms with Crippen molar-refractivity contribution in [3.05, 3.63) is 46.2 Å². The van der Waals surface area contributed by atoms with Gasteiger partial charge in [0.25, 0.3) is 5.91 Å². The fourth-order valence-corrected chi connectivity index (χ4v) is 3.89. The molecule has 0 aliphatic heterocycles. The van der Waals surface area contributed by atoms with E-state index in [0.29, 0.717) is 19.9 Å². The summed E-state index contributed by atoms with van der Waals surface area (Å²) in [4.78, 5) is 17.9. The van der Waals surface area contributed by atoms with E-state index in [4.69, 9.17) is 22.6 Å². The molecule has 1 aromatic heterocycles. The van der Waals surface area contributed by atoms with Crippen molar-refractivity contribution in [2.75, 3.05) is 6.54 Å². The molecular formula is C23H18ClF9N6O2. The van der Waals surface area contributed by atoms with Gasteiger partial charge in [-0.25, -0.2) is 14.1 Å². The molecule has 1 saturated carbocycles. The largest absolute Gasteiger partial charge is 0.437 e. The highest BCUT2D eigenvalue weighted by molar-refractivity contribution is 6.34. The van der Waals surface area contributed by atoms with Crippen LogP contribution in [0.3, 0.4) is 0 Å². The minimum atomic E-state index is -6.67. The van der Waals surface area contributed by atoms with Gasteiger partial charge in [0.15, 0.2) is 17.3 Å². The molecule has 0 spiro atoms. The van der Waals surface area contributed by atoms with E-state index in [0.717, 1.165) is 12.4 Å². The minimum Gasteiger partial charge on any atom is -0.429 e. The summed E-state index contributed by atoms with van der Waals surface area (Å²) in [6.45, 7) is -4.22. The highest BCUT2D eigenvalue weighted by Gasteiger charge is 2.76. The summed E-state index contributed by atoms with van der Waals surface area (Å²) in [6, 6.07) is 5.52. The molecule has 0 saturated heterocycles. The third-order valence-electron chi connectivity index (χ3n) is 5.81. The third-order valence-corrected chi connectivity index (χ3v) is 6.14. The molecule has 41 heavy (non-hydrogen) atoms. The molecule has 1 amide bonds. The predicted molar refractivity (Wildman–Crippen MR) is 126 cm³/mol. The first kappa shape index (κ1) is 31.6. The fraction of sp³-hybridized carbons (Fsp3) is 0.391. The summed E-state index contributed by atoms with van der Waals surface area (Å²) >= 11 is 6.16. The van der Waals surface area contributed by atoms with Crippen molar-refractivity contribution >= 4 is 35.1 Å². The average molecular weight is 617 g/mol. The lowest BCUT2D eigenvalue weighted by Gasteiger charge is -2.28. The molecule has 2 aromatic rings. The number of hydrogen-bond donors (Lipinski definition) is 1. The van der Waals surface area contributed by atoms with Crippen molar-refractivity contribution < 1.29 is 49.0 Å². The van der Waals surface area contributed by atoms with Crippen molar-refractivity contribution in [1.82, 2.24) is 14.7 Å². The molecule has 18 heteroatoms. The second-order valence-corrected chi connectivity index (χ2v) is 8.96. The SMILES string of the molecule is Cn1nc(C(F)(C(F)(F)F)C(F)(F)F)c(OC(F)F)c1N=CC(=CN)c1ccc(Cl)c(C(=O)N(CC#N)C2CC2)c1. The van der Waals surface area contributed by atoms with Gasteiger partial charge in [-0.05, 0) is 30.5 Å². The van der Waals surface area contributed by atoms with E-state index in [-0.39, 0.29) is 39.0 Å². The summed E-state index contributed by atoms with van der Waals surface area (Å²) in [6.07, 6.45) is -10.4. The Labute approximate surface area is 230 Å². The number of rotatable bonds is 9. The number of aliphatic imine (C=N–C) groups is 1. The standard InChI is InChI=1S/C23H18ClF9N6O2/c1-38-18(16(41-20(25)26)17(37-38)21(27,22(28,29)30)23(31,32)33)36-10-12(9-35)11-2-5-15(24)14(8-11)19(40)39(7-6-34)13-3-4-13/h2,5,8-10,13,20H,3-4,7,35H2,1H3. The predicted octanol–water partition coefficient (Wildman–Crippen LogP) is 5.79. The zero-order valence-corrected chi connectivity index (χ0v) is 21.3. The van der Waals surface area contributed by atoms with Crippen molar-refractivity contribution in [2.45, 2.75) is 43.5 Å². The van der Waals surface area contributed by atoms with Crippen LogP contribution < -0.4 is 10.5 Å². The van der Waals surface area contributed by atoms with Crippen molar-refractivity contribution in [3.63, 3.8) is 0 Å². The van der Waals surface area contributed by atoms with Crippen LogP contribution in [0.25, 0.3) is 5.57 Å². The van der Waals surface area contributed by atoms with Gasteiger partial charge in [0.1, 0.15) is 6.54 Å². The number of carbonyl (C=O) groups excluding carboxylic acids is 1. The topological polar surface area (TPSA) is 110 Å². The van der Waals surface area contributed by atoms with Crippen LogP contribution in [0, 0.1) is 11.3 Å². The molecular weight excluding hydrogens is 599 g/mol. The molecule has 0 bridgehead atoms. The molecule has 0 atom stereocenters. The Morgan fingerprint density at radius 3 is 2.37 bits per heavy atom. The number of nitriles is 1. The maximum absolute atomic E-state index is 14.7. The monoisotopic (exact) mass is 616 g/mol. The molecule has 1 aromatic carbocycles. The number of benzene rings is 1. The zero-order valence-electron chi connectivity index (χ0n) is 20.6. The minimum absolute atomic E-state index is 0.0156. The maximum Gasteiger partial charge on any atom is 0.437 e. The van der Waals surface area contributed by atoms with E-state index in [1.807, 2.05) is 6.07 Å². The highest BCUT2D eigenvalue weighted by Crippen LogP contribution is 2.56. The second kappa shape index (κ2) is 11.5. The van der Waals surface area contributed by atoms with Gasteiger partial charge >= 0.3 is 24.6 Å². The number of aromatic nitrogens is 2. The Bertz CT molecular complexity index is 1390. The summed E-state index contributed by atoms with van der Waals surface area (Å²) in [5.74, 6) is -3.66. The first-order valence-electron chi connectivity index (χ1n) is 11.3. The summed E-state index contributed by atoms with van der Waals surface area (Å²) in [7, 11) is 0.716. The summed E-state index contributed by atoms with van der Waals surface area (Å²) in [5, 5.41) is 11.9. The third kappa shape index (κ3) is 6.21. The van der Waals surface area contributed by atoms with Crippen molar-refractivity contribution in [2.24, 2.45) is 17.8 Å². The Kier molecular flexibility index (Phi) is 8.87. The summed E-state index contributed by atoms with van der Waals surface area (Å²) < 4.78 is 125. The number of amides is 1. The highest BCUT2D eigenvalue weighted by atomic mass is 35.5. The number of nitrogens with zero attached hydrogens (tertiary/aromatic N) is 5. The van der Waals surface area contributed by atoms with Gasteiger partial charge in [0.2, 0.25) is 0 Å². The molecule has 3 rings (SSSR count).